The van der Waals surface area contributed by atoms with Crippen molar-refractivity contribution in [3.05, 3.63) is 84.3 Å². The summed E-state index contributed by atoms with van der Waals surface area (Å²) in [5.41, 5.74) is 5.67. The van der Waals surface area contributed by atoms with Gasteiger partial charge in [-0.1, -0.05) is 24.3 Å². The van der Waals surface area contributed by atoms with E-state index in [0.717, 1.165) is 37.9 Å². The van der Waals surface area contributed by atoms with Gasteiger partial charge in [0.25, 0.3) is 5.69 Å². The molecule has 0 aliphatic carbocycles. The number of hydrogen-bond acceptors (Lipinski definition) is 5. The Kier molecular flexibility index (Phi) is 5.95. The van der Waals surface area contributed by atoms with Crippen molar-refractivity contribution >= 4 is 20.7 Å². The second-order valence-electron chi connectivity index (χ2n) is 8.65. The Morgan fingerprint density at radius 1 is 1.00 bits per heavy atom. The van der Waals surface area contributed by atoms with Gasteiger partial charge >= 0.3 is 0 Å². The highest BCUT2D eigenvalue weighted by atomic mass is 32.2. The van der Waals surface area contributed by atoms with Gasteiger partial charge in [0.1, 0.15) is 6.61 Å². The molecule has 0 atom stereocenters. The molecule has 0 aliphatic rings. The minimum absolute atomic E-state index is 0.303. The second-order valence-corrected chi connectivity index (χ2v) is 11.2. The molecule has 33 heavy (non-hydrogen) atoms. The molecule has 4 aromatic rings. The summed E-state index contributed by atoms with van der Waals surface area (Å²) < 4.78 is 30.2. The van der Waals surface area contributed by atoms with E-state index >= 15 is 0 Å². The zero-order valence-electron chi connectivity index (χ0n) is 19.1. The molecular formula is C26H27N2O4S+. The number of aromatic nitrogens is 2. The first-order valence-electron chi connectivity index (χ1n) is 10.5. The third kappa shape index (κ3) is 4.34. The van der Waals surface area contributed by atoms with Crippen molar-refractivity contribution in [2.75, 3.05) is 13.4 Å². The number of benzene rings is 2. The van der Waals surface area contributed by atoms with E-state index in [-0.39, 0.29) is 0 Å². The van der Waals surface area contributed by atoms with Crippen LogP contribution in [0.25, 0.3) is 33.2 Å². The number of methoxy groups -OCH3 is 1. The van der Waals surface area contributed by atoms with Gasteiger partial charge in [-0.25, -0.2) is 8.42 Å². The molecule has 7 heteroatoms. The van der Waals surface area contributed by atoms with Crippen LogP contribution in [0.3, 0.4) is 0 Å². The topological polar surface area (TPSA) is 80.4 Å². The summed E-state index contributed by atoms with van der Waals surface area (Å²) in [6, 6.07) is 19.3. The van der Waals surface area contributed by atoms with Gasteiger partial charge in [-0.05, 0) is 60.9 Å². The van der Waals surface area contributed by atoms with Crippen molar-refractivity contribution in [3.8, 4) is 22.3 Å². The number of rotatable bonds is 6. The number of pyridine rings is 2. The monoisotopic (exact) mass is 463 g/mol. The third-order valence-corrected chi connectivity index (χ3v) is 8.23. The third-order valence-electron chi connectivity index (χ3n) is 6.14. The lowest BCUT2D eigenvalue weighted by molar-refractivity contribution is -0.910. The van der Waals surface area contributed by atoms with Crippen LogP contribution in [-0.2, 0) is 25.9 Å². The van der Waals surface area contributed by atoms with Crippen LogP contribution in [0.5, 0.6) is 0 Å². The molecule has 0 spiro atoms. The van der Waals surface area contributed by atoms with Crippen LogP contribution >= 0.6 is 0 Å². The molecule has 0 aliphatic heterocycles. The van der Waals surface area contributed by atoms with Crippen LogP contribution in [-0.4, -0.2) is 32.0 Å². The van der Waals surface area contributed by atoms with E-state index in [1.807, 2.05) is 60.7 Å². The van der Waals surface area contributed by atoms with Crippen molar-refractivity contribution < 1.29 is 23.1 Å². The van der Waals surface area contributed by atoms with Crippen LogP contribution in [0.15, 0.2) is 73.1 Å². The van der Waals surface area contributed by atoms with Crippen molar-refractivity contribution in [1.29, 1.82) is 0 Å². The van der Waals surface area contributed by atoms with E-state index in [1.54, 1.807) is 33.4 Å². The molecule has 0 saturated carbocycles. The summed E-state index contributed by atoms with van der Waals surface area (Å²) in [7, 11) is -1.77. The Bertz CT molecular complexity index is 1450. The average Bonchev–Trinajstić information content (AvgIpc) is 2.79. The van der Waals surface area contributed by atoms with E-state index < -0.39 is 14.6 Å². The second kappa shape index (κ2) is 8.57. The Balaban J connectivity index is 1.89. The summed E-state index contributed by atoms with van der Waals surface area (Å²) in [5.74, 6) is 0. The summed E-state index contributed by atoms with van der Waals surface area (Å²) in [6.07, 6.45) is 4.64. The number of hydrogen-bond donors (Lipinski definition) is 1. The molecular weight excluding hydrogens is 436 g/mol. The first kappa shape index (κ1) is 22.9. The number of ether oxygens (including phenoxy) is 1. The van der Waals surface area contributed by atoms with Crippen LogP contribution in [0, 0.1) is 0 Å². The Hall–Kier alpha value is -3.29. The smallest absolute Gasteiger partial charge is 0.259 e. The first-order chi connectivity index (χ1) is 15.6. The minimum atomic E-state index is -3.35. The Morgan fingerprint density at radius 3 is 2.45 bits per heavy atom. The fraction of sp³-hybridized carbons (Fsp3) is 0.231. The summed E-state index contributed by atoms with van der Waals surface area (Å²) in [4.78, 5) is 4.58. The molecule has 6 nitrogen and oxygen atoms in total. The Morgan fingerprint density at radius 2 is 1.76 bits per heavy atom. The quantitative estimate of drug-likeness (QED) is 0.336. The highest BCUT2D eigenvalue weighted by Crippen LogP contribution is 2.37. The van der Waals surface area contributed by atoms with Crippen LogP contribution in [0.1, 0.15) is 25.1 Å². The molecule has 0 bridgehead atoms. The van der Waals surface area contributed by atoms with Crippen molar-refractivity contribution in [2.24, 2.45) is 0 Å². The largest absolute Gasteiger partial charge is 0.373 e. The van der Waals surface area contributed by atoms with Crippen molar-refractivity contribution in [3.63, 3.8) is 0 Å². The average molecular weight is 464 g/mol. The molecule has 0 unspecified atom stereocenters. The predicted octanol–water partition coefficient (Wildman–Crippen LogP) is 4.52. The maximum Gasteiger partial charge on any atom is 0.259 e. The predicted molar refractivity (Wildman–Crippen MR) is 129 cm³/mol. The Labute approximate surface area is 194 Å². The van der Waals surface area contributed by atoms with Crippen molar-refractivity contribution in [2.45, 2.75) is 25.2 Å². The molecule has 2 heterocycles. The molecule has 0 saturated heterocycles. The van der Waals surface area contributed by atoms with Gasteiger partial charge in [0.2, 0.25) is 6.20 Å². The molecule has 2 aromatic carbocycles. The molecule has 0 amide bonds. The number of sulfone groups is 1. The molecule has 170 valence electrons. The zero-order chi connectivity index (χ0) is 23.8. The molecule has 2 aromatic heterocycles. The van der Waals surface area contributed by atoms with Crippen LogP contribution in [0.4, 0.5) is 0 Å². The zero-order valence-corrected chi connectivity index (χ0v) is 19.9. The highest BCUT2D eigenvalue weighted by molar-refractivity contribution is 7.91. The normalized spacial score (nSPS) is 12.2. The lowest BCUT2D eigenvalue weighted by Crippen LogP contribution is -2.35. The maximum absolute atomic E-state index is 12.5. The first-order valence-corrected chi connectivity index (χ1v) is 12.4. The van der Waals surface area contributed by atoms with Gasteiger partial charge in [0.15, 0.2) is 9.84 Å². The van der Waals surface area contributed by atoms with Gasteiger partial charge in [-0.2, -0.15) is 0 Å². The fourth-order valence-electron chi connectivity index (χ4n) is 3.79. The van der Waals surface area contributed by atoms with Gasteiger partial charge in [0, 0.05) is 41.3 Å². The van der Waals surface area contributed by atoms with E-state index in [4.69, 9.17) is 4.74 Å². The van der Waals surface area contributed by atoms with Crippen LogP contribution < -0.4 is 4.73 Å². The van der Waals surface area contributed by atoms with Crippen molar-refractivity contribution in [1.82, 2.24) is 4.98 Å². The number of fused-ring (bicyclic) bond motifs is 1. The summed E-state index contributed by atoms with van der Waals surface area (Å²) >= 11 is 0. The van der Waals surface area contributed by atoms with Gasteiger partial charge < -0.3 is 4.74 Å². The van der Waals surface area contributed by atoms with Gasteiger partial charge in [-0.15, -0.1) is 0 Å². The van der Waals surface area contributed by atoms with E-state index in [2.05, 4.69) is 4.98 Å². The van der Waals surface area contributed by atoms with E-state index in [1.165, 1.54) is 6.26 Å². The summed E-state index contributed by atoms with van der Waals surface area (Å²) in [5, 5.41) is 11.2. The highest BCUT2D eigenvalue weighted by Gasteiger charge is 2.33. The minimum Gasteiger partial charge on any atom is -0.373 e. The standard InChI is InChI=1S/C26H27N2O4S/c1-26(2,33(4,30)31)22-14-20-9-6-12-27-25(20)24(15-22)19-8-5-7-18(13-19)21-10-11-23(17-32-3)28(29)16-21/h5-16,29H,17H2,1-4H3/q+1. The van der Waals surface area contributed by atoms with Gasteiger partial charge in [-0.3, -0.25) is 10.2 Å². The van der Waals surface area contributed by atoms with Crippen LogP contribution in [0.2, 0.25) is 0 Å². The molecule has 1 N–H and O–H groups in total. The van der Waals surface area contributed by atoms with Gasteiger partial charge in [0.05, 0.1) is 15.8 Å². The van der Waals surface area contributed by atoms with E-state index in [9.17, 15) is 13.6 Å². The molecule has 0 fully saturated rings. The van der Waals surface area contributed by atoms with E-state index in [0.29, 0.717) is 17.9 Å². The summed E-state index contributed by atoms with van der Waals surface area (Å²) in [6.45, 7) is 3.75. The fourth-order valence-corrected chi connectivity index (χ4v) is 4.34. The maximum atomic E-state index is 12.5. The molecule has 4 rings (SSSR count). The SMILES string of the molecule is COCc1ccc(-c2cccc(-c3cc(C(C)(C)S(C)(=O)=O)cc4cccnc34)c2)c[n+]1O. The number of nitrogens with zero attached hydrogens (tertiary/aromatic N) is 2. The lowest BCUT2D eigenvalue weighted by Gasteiger charge is -2.24. The molecule has 0 radical (unpaired) electrons. The lowest BCUT2D eigenvalue weighted by atomic mass is 9.92.